The summed E-state index contributed by atoms with van der Waals surface area (Å²) in [6.07, 6.45) is 3.29. The van der Waals surface area contributed by atoms with E-state index in [0.717, 1.165) is 24.3 Å². The van der Waals surface area contributed by atoms with Crippen LogP contribution in [0.5, 0.6) is 0 Å². The van der Waals surface area contributed by atoms with Crippen molar-refractivity contribution in [1.82, 2.24) is 5.43 Å². The van der Waals surface area contributed by atoms with E-state index in [4.69, 9.17) is 29.0 Å². The highest BCUT2D eigenvalue weighted by molar-refractivity contribution is 6.35. The van der Waals surface area contributed by atoms with Crippen molar-refractivity contribution in [3.05, 3.63) is 33.8 Å². The van der Waals surface area contributed by atoms with Gasteiger partial charge < -0.3 is 0 Å². The summed E-state index contributed by atoms with van der Waals surface area (Å²) in [4.78, 5) is 0. The Morgan fingerprint density at radius 3 is 2.40 bits per heavy atom. The molecule has 0 atom stereocenters. The number of benzene rings is 1. The molecule has 4 rings (SSSR count). The van der Waals surface area contributed by atoms with Crippen LogP contribution in [0.4, 0.5) is 0 Å². The predicted molar refractivity (Wildman–Crippen MR) is 62.0 cm³/mol. The number of nitrogens with two attached hydrogens (primary N) is 1. The van der Waals surface area contributed by atoms with Gasteiger partial charge in [0.15, 0.2) is 0 Å². The first-order valence-corrected chi connectivity index (χ1v) is 5.78. The molecule has 0 aliphatic heterocycles. The maximum atomic E-state index is 6.20. The van der Waals surface area contributed by atoms with Gasteiger partial charge >= 0.3 is 0 Å². The van der Waals surface area contributed by atoms with E-state index in [2.05, 4.69) is 5.43 Å². The van der Waals surface area contributed by atoms with Crippen molar-refractivity contribution in [1.29, 1.82) is 0 Å². The van der Waals surface area contributed by atoms with Crippen molar-refractivity contribution in [2.45, 2.75) is 30.2 Å². The van der Waals surface area contributed by atoms with E-state index in [1.54, 1.807) is 0 Å². The van der Waals surface area contributed by atoms with Gasteiger partial charge in [-0.2, -0.15) is 0 Å². The van der Waals surface area contributed by atoms with E-state index in [-0.39, 0.29) is 11.0 Å². The highest BCUT2D eigenvalue weighted by Gasteiger charge is 2.68. The molecule has 2 nitrogen and oxygen atoms in total. The van der Waals surface area contributed by atoms with Crippen molar-refractivity contribution in [3.8, 4) is 0 Å². The molecule has 80 valence electrons. The standard InChI is InChI=1S/C11H12Cl2N2/c12-7-1-2-8(9(13)3-7)10-4-11(5-10,6-10)15-14/h1-3,15H,4-6,14H2. The van der Waals surface area contributed by atoms with Crippen LogP contribution < -0.4 is 11.3 Å². The third kappa shape index (κ3) is 1.19. The Balaban J connectivity index is 1.91. The first kappa shape index (κ1) is 9.91. The van der Waals surface area contributed by atoms with Gasteiger partial charge in [-0.25, -0.2) is 0 Å². The highest BCUT2D eigenvalue weighted by atomic mass is 35.5. The van der Waals surface area contributed by atoms with Crippen LogP contribution in [0.25, 0.3) is 0 Å². The first-order valence-electron chi connectivity index (χ1n) is 5.03. The minimum absolute atomic E-state index is 0.197. The highest BCUT2D eigenvalue weighted by Crippen LogP contribution is 2.68. The molecule has 0 saturated heterocycles. The molecule has 3 aliphatic rings. The SMILES string of the molecule is NNC12CC(c3ccc(Cl)cc3Cl)(C1)C2. The largest absolute Gasteiger partial charge is 0.271 e. The van der Waals surface area contributed by atoms with Gasteiger partial charge in [-0.3, -0.25) is 11.3 Å². The molecule has 0 amide bonds. The molecule has 3 saturated carbocycles. The predicted octanol–water partition coefficient (Wildman–Crippen LogP) is 2.63. The molecule has 3 fully saturated rings. The van der Waals surface area contributed by atoms with Crippen LogP contribution >= 0.6 is 23.2 Å². The fourth-order valence-electron chi connectivity index (χ4n) is 3.15. The molecular weight excluding hydrogens is 231 g/mol. The van der Waals surface area contributed by atoms with Gasteiger partial charge in [0, 0.05) is 21.0 Å². The third-order valence-corrected chi connectivity index (χ3v) is 4.39. The molecular formula is C11H12Cl2N2. The fourth-order valence-corrected chi connectivity index (χ4v) is 3.76. The summed E-state index contributed by atoms with van der Waals surface area (Å²) in [6.45, 7) is 0. The molecule has 3 aliphatic carbocycles. The minimum Gasteiger partial charge on any atom is -0.271 e. The number of hydrazine groups is 1. The second-order valence-corrected chi connectivity index (χ2v) is 5.70. The lowest BCUT2D eigenvalue weighted by Gasteiger charge is -2.70. The number of nitrogens with one attached hydrogen (secondary N) is 1. The van der Waals surface area contributed by atoms with E-state index in [0.29, 0.717) is 5.02 Å². The summed E-state index contributed by atoms with van der Waals surface area (Å²) >= 11 is 12.1. The van der Waals surface area contributed by atoms with Gasteiger partial charge in [0.1, 0.15) is 0 Å². The van der Waals surface area contributed by atoms with E-state index >= 15 is 0 Å². The van der Waals surface area contributed by atoms with Crippen LogP contribution in [-0.4, -0.2) is 5.54 Å². The van der Waals surface area contributed by atoms with Crippen molar-refractivity contribution < 1.29 is 0 Å². The molecule has 1 aromatic rings. The molecule has 4 heteroatoms. The van der Waals surface area contributed by atoms with Gasteiger partial charge in [-0.1, -0.05) is 29.3 Å². The number of rotatable bonds is 2. The molecule has 0 radical (unpaired) electrons. The number of hydrogen-bond donors (Lipinski definition) is 2. The van der Waals surface area contributed by atoms with Crippen molar-refractivity contribution in [2.75, 3.05) is 0 Å². The Morgan fingerprint density at radius 2 is 1.87 bits per heavy atom. The van der Waals surface area contributed by atoms with Crippen molar-refractivity contribution in [3.63, 3.8) is 0 Å². The second kappa shape index (κ2) is 2.89. The average Bonchev–Trinajstić information content (AvgIpc) is 2.04. The quantitative estimate of drug-likeness (QED) is 0.619. The molecule has 3 N–H and O–H groups in total. The van der Waals surface area contributed by atoms with Crippen LogP contribution in [-0.2, 0) is 5.41 Å². The summed E-state index contributed by atoms with van der Waals surface area (Å²) in [5.41, 5.74) is 4.60. The smallest absolute Gasteiger partial charge is 0.0458 e. The van der Waals surface area contributed by atoms with Crippen LogP contribution in [0, 0.1) is 0 Å². The molecule has 0 unspecified atom stereocenters. The van der Waals surface area contributed by atoms with Gasteiger partial charge in [0.05, 0.1) is 0 Å². The lowest BCUT2D eigenvalue weighted by Crippen LogP contribution is -2.77. The zero-order chi connectivity index (χ0) is 10.7. The summed E-state index contributed by atoms with van der Waals surface area (Å²) in [6, 6.07) is 5.78. The van der Waals surface area contributed by atoms with Crippen LogP contribution in [0.3, 0.4) is 0 Å². The lowest BCUT2D eigenvalue weighted by atomic mass is 9.37. The topological polar surface area (TPSA) is 38.0 Å². The molecule has 15 heavy (non-hydrogen) atoms. The van der Waals surface area contributed by atoms with Crippen molar-refractivity contribution >= 4 is 23.2 Å². The van der Waals surface area contributed by atoms with E-state index < -0.39 is 0 Å². The van der Waals surface area contributed by atoms with Crippen molar-refractivity contribution in [2.24, 2.45) is 5.84 Å². The van der Waals surface area contributed by atoms with E-state index in [1.165, 1.54) is 5.56 Å². The normalized spacial score (nSPS) is 37.0. The lowest BCUT2D eigenvalue weighted by molar-refractivity contribution is -0.0881. The first-order chi connectivity index (χ1) is 7.09. The zero-order valence-electron chi connectivity index (χ0n) is 8.19. The Hall–Kier alpha value is -0.280. The summed E-state index contributed by atoms with van der Waals surface area (Å²) < 4.78 is 0. The summed E-state index contributed by atoms with van der Waals surface area (Å²) in [5, 5.41) is 1.48. The minimum atomic E-state index is 0.197. The van der Waals surface area contributed by atoms with Crippen LogP contribution in [0.1, 0.15) is 24.8 Å². The van der Waals surface area contributed by atoms with E-state index in [9.17, 15) is 0 Å². The van der Waals surface area contributed by atoms with E-state index in [1.807, 2.05) is 18.2 Å². The Bertz CT molecular complexity index is 411. The molecule has 0 heterocycles. The van der Waals surface area contributed by atoms with Gasteiger partial charge in [0.25, 0.3) is 0 Å². The van der Waals surface area contributed by atoms with Gasteiger partial charge in [-0.05, 0) is 37.0 Å². The monoisotopic (exact) mass is 242 g/mol. The second-order valence-electron chi connectivity index (χ2n) is 4.86. The molecule has 0 spiro atoms. The molecule has 1 aromatic carbocycles. The maximum absolute atomic E-state index is 6.20. The molecule has 0 aromatic heterocycles. The Labute approximate surface area is 98.7 Å². The Morgan fingerprint density at radius 1 is 1.20 bits per heavy atom. The van der Waals surface area contributed by atoms with Gasteiger partial charge in [0.2, 0.25) is 0 Å². The third-order valence-electron chi connectivity index (χ3n) is 3.84. The average molecular weight is 243 g/mol. The molecule has 2 bridgehead atoms. The van der Waals surface area contributed by atoms with Crippen LogP contribution in [0.15, 0.2) is 18.2 Å². The van der Waals surface area contributed by atoms with Gasteiger partial charge in [-0.15, -0.1) is 0 Å². The van der Waals surface area contributed by atoms with Crippen LogP contribution in [0.2, 0.25) is 10.0 Å². The Kier molecular flexibility index (Phi) is 1.91. The summed E-state index contributed by atoms with van der Waals surface area (Å²) in [7, 11) is 0. The summed E-state index contributed by atoms with van der Waals surface area (Å²) in [5.74, 6) is 5.50. The fraction of sp³-hybridized carbons (Fsp3) is 0.455. The zero-order valence-corrected chi connectivity index (χ0v) is 9.70. The maximum Gasteiger partial charge on any atom is 0.0458 e. The number of hydrogen-bond acceptors (Lipinski definition) is 2. The number of halogens is 2.